The summed E-state index contributed by atoms with van der Waals surface area (Å²) < 4.78 is 8.66. The third kappa shape index (κ3) is 4.77. The van der Waals surface area contributed by atoms with Gasteiger partial charge in [0.2, 0.25) is 5.88 Å². The SMILES string of the molecule is COC(=O)c1ccc(Nc2snc(O)c2C(=N)NCC2CCCCC2)cc1. The molecule has 0 aliphatic heterocycles. The maximum Gasteiger partial charge on any atom is 0.337 e. The van der Waals surface area contributed by atoms with Gasteiger partial charge in [-0.3, -0.25) is 5.41 Å². The van der Waals surface area contributed by atoms with E-state index in [-0.39, 0.29) is 11.7 Å². The first kappa shape index (κ1) is 19.2. The van der Waals surface area contributed by atoms with Crippen LogP contribution in [0, 0.1) is 11.3 Å². The minimum absolute atomic E-state index is 0.158. The van der Waals surface area contributed by atoms with Gasteiger partial charge in [-0.25, -0.2) is 4.79 Å². The molecule has 7 nitrogen and oxygen atoms in total. The molecule has 1 fully saturated rings. The number of methoxy groups -OCH3 is 1. The van der Waals surface area contributed by atoms with Gasteiger partial charge >= 0.3 is 5.97 Å². The molecule has 4 N–H and O–H groups in total. The number of aromatic hydroxyl groups is 1. The third-order valence-corrected chi connectivity index (χ3v) is 5.53. The Bertz CT molecular complexity index is 798. The number of benzene rings is 1. The predicted molar refractivity (Wildman–Crippen MR) is 106 cm³/mol. The molecule has 3 rings (SSSR count). The molecule has 0 unspecified atom stereocenters. The van der Waals surface area contributed by atoms with Crippen LogP contribution in [0.15, 0.2) is 24.3 Å². The first-order valence-electron chi connectivity index (χ1n) is 9.05. The average molecular weight is 388 g/mol. The summed E-state index contributed by atoms with van der Waals surface area (Å²) in [6.07, 6.45) is 6.17. The average Bonchev–Trinajstić information content (AvgIpc) is 3.07. The summed E-state index contributed by atoms with van der Waals surface area (Å²) in [5.41, 5.74) is 1.55. The smallest absolute Gasteiger partial charge is 0.337 e. The Morgan fingerprint density at radius 3 is 2.67 bits per heavy atom. The van der Waals surface area contributed by atoms with E-state index in [0.29, 0.717) is 22.0 Å². The zero-order valence-electron chi connectivity index (χ0n) is 15.2. The number of ether oxygens (including phenoxy) is 1. The van der Waals surface area contributed by atoms with Crippen LogP contribution in [-0.2, 0) is 4.74 Å². The Labute approximate surface area is 162 Å². The van der Waals surface area contributed by atoms with Crippen molar-refractivity contribution in [3.8, 4) is 5.88 Å². The van der Waals surface area contributed by atoms with Crippen molar-refractivity contribution >= 4 is 34.0 Å². The van der Waals surface area contributed by atoms with E-state index in [9.17, 15) is 9.90 Å². The lowest BCUT2D eigenvalue weighted by atomic mass is 9.89. The van der Waals surface area contributed by atoms with Crippen molar-refractivity contribution in [2.24, 2.45) is 5.92 Å². The standard InChI is InChI=1S/C19H24N4O3S/c1-26-19(25)13-7-9-14(10-8-13)22-18-15(17(24)23-27-18)16(20)21-11-12-5-3-2-4-6-12/h7-10,12,22H,2-6,11H2,1H3,(H2,20,21)(H,23,24). The van der Waals surface area contributed by atoms with Gasteiger partial charge in [0.1, 0.15) is 16.4 Å². The molecule has 0 amide bonds. The molecule has 1 aromatic carbocycles. The summed E-state index contributed by atoms with van der Waals surface area (Å²) in [5.74, 6) is 0.191. The van der Waals surface area contributed by atoms with Crippen LogP contribution in [0.3, 0.4) is 0 Å². The van der Waals surface area contributed by atoms with Crippen molar-refractivity contribution in [3.63, 3.8) is 0 Å². The monoisotopic (exact) mass is 388 g/mol. The topological polar surface area (TPSA) is 107 Å². The van der Waals surface area contributed by atoms with Crippen LogP contribution in [0.2, 0.25) is 0 Å². The summed E-state index contributed by atoms with van der Waals surface area (Å²) in [6.45, 7) is 0.737. The normalized spacial score (nSPS) is 14.6. The summed E-state index contributed by atoms with van der Waals surface area (Å²) in [4.78, 5) is 11.5. The van der Waals surface area contributed by atoms with E-state index in [4.69, 9.17) is 5.41 Å². The van der Waals surface area contributed by atoms with Gasteiger partial charge in [-0.15, -0.1) is 0 Å². The van der Waals surface area contributed by atoms with E-state index >= 15 is 0 Å². The molecule has 27 heavy (non-hydrogen) atoms. The zero-order valence-corrected chi connectivity index (χ0v) is 16.1. The highest BCUT2D eigenvalue weighted by Gasteiger charge is 2.20. The highest BCUT2D eigenvalue weighted by molar-refractivity contribution is 7.11. The summed E-state index contributed by atoms with van der Waals surface area (Å²) in [7, 11) is 1.34. The lowest BCUT2D eigenvalue weighted by Crippen LogP contribution is -2.30. The van der Waals surface area contributed by atoms with Gasteiger partial charge in [0.25, 0.3) is 0 Å². The van der Waals surface area contributed by atoms with E-state index in [0.717, 1.165) is 23.8 Å². The number of carbonyl (C=O) groups is 1. The lowest BCUT2D eigenvalue weighted by Gasteiger charge is -2.22. The maximum atomic E-state index is 11.5. The maximum absolute atomic E-state index is 11.5. The fourth-order valence-electron chi connectivity index (χ4n) is 3.26. The molecule has 1 aliphatic carbocycles. The predicted octanol–water partition coefficient (Wildman–Crippen LogP) is 3.87. The number of amidine groups is 1. The Balaban J connectivity index is 1.66. The number of anilines is 2. The molecule has 1 saturated carbocycles. The highest BCUT2D eigenvalue weighted by atomic mass is 32.1. The number of rotatable bonds is 6. The van der Waals surface area contributed by atoms with Crippen molar-refractivity contribution in [1.29, 1.82) is 5.41 Å². The van der Waals surface area contributed by atoms with Gasteiger partial charge in [-0.2, -0.15) is 4.37 Å². The van der Waals surface area contributed by atoms with Crippen LogP contribution in [-0.4, -0.2) is 34.9 Å². The first-order valence-corrected chi connectivity index (χ1v) is 9.82. The number of aromatic nitrogens is 1. The highest BCUT2D eigenvalue weighted by Crippen LogP contribution is 2.32. The van der Waals surface area contributed by atoms with Crippen LogP contribution >= 0.6 is 11.5 Å². The van der Waals surface area contributed by atoms with Gasteiger partial charge in [-0.1, -0.05) is 19.3 Å². The van der Waals surface area contributed by atoms with Crippen molar-refractivity contribution < 1.29 is 14.6 Å². The van der Waals surface area contributed by atoms with E-state index in [1.165, 1.54) is 39.2 Å². The van der Waals surface area contributed by atoms with Gasteiger partial charge in [0.05, 0.1) is 12.7 Å². The summed E-state index contributed by atoms with van der Waals surface area (Å²) >= 11 is 1.09. The Morgan fingerprint density at radius 2 is 2.00 bits per heavy atom. The molecule has 1 aromatic heterocycles. The van der Waals surface area contributed by atoms with Crippen LogP contribution in [0.4, 0.5) is 10.7 Å². The van der Waals surface area contributed by atoms with Crippen molar-refractivity contribution in [3.05, 3.63) is 35.4 Å². The summed E-state index contributed by atoms with van der Waals surface area (Å²) in [5, 5.41) is 25.3. The molecule has 1 heterocycles. The second-order valence-corrected chi connectivity index (χ2v) is 7.44. The fraction of sp³-hybridized carbons (Fsp3) is 0.421. The first-order chi connectivity index (χ1) is 13.1. The number of nitrogens with one attached hydrogen (secondary N) is 3. The molecule has 0 bridgehead atoms. The minimum atomic E-state index is -0.397. The quantitative estimate of drug-likeness (QED) is 0.340. The van der Waals surface area contributed by atoms with E-state index in [2.05, 4.69) is 19.7 Å². The van der Waals surface area contributed by atoms with Gasteiger partial charge in [-0.05, 0) is 54.6 Å². The molecule has 0 spiro atoms. The van der Waals surface area contributed by atoms with E-state index in [1.807, 2.05) is 0 Å². The Kier molecular flexibility index (Phi) is 6.28. The third-order valence-electron chi connectivity index (χ3n) is 4.78. The van der Waals surface area contributed by atoms with Crippen LogP contribution in [0.1, 0.15) is 48.0 Å². The number of hydrogen-bond acceptors (Lipinski definition) is 7. The van der Waals surface area contributed by atoms with E-state index in [1.54, 1.807) is 24.3 Å². The van der Waals surface area contributed by atoms with Crippen molar-refractivity contribution in [2.75, 3.05) is 19.0 Å². The fourth-order valence-corrected chi connectivity index (χ4v) is 3.97. The molecule has 1 aliphatic rings. The lowest BCUT2D eigenvalue weighted by molar-refractivity contribution is 0.0601. The van der Waals surface area contributed by atoms with Crippen LogP contribution in [0.5, 0.6) is 5.88 Å². The molecule has 0 saturated heterocycles. The van der Waals surface area contributed by atoms with Gasteiger partial charge < -0.3 is 20.5 Å². The Morgan fingerprint density at radius 1 is 1.30 bits per heavy atom. The number of nitrogens with zero attached hydrogens (tertiary/aromatic N) is 1. The molecule has 0 atom stereocenters. The molecular formula is C19H24N4O3S. The number of carbonyl (C=O) groups excluding carboxylic acids is 1. The zero-order chi connectivity index (χ0) is 19.2. The van der Waals surface area contributed by atoms with Gasteiger partial charge in [0, 0.05) is 12.2 Å². The number of esters is 1. The minimum Gasteiger partial charge on any atom is -0.492 e. The van der Waals surface area contributed by atoms with Crippen molar-refractivity contribution in [2.45, 2.75) is 32.1 Å². The molecule has 144 valence electrons. The Hall–Kier alpha value is -2.61. The van der Waals surface area contributed by atoms with Crippen LogP contribution in [0.25, 0.3) is 0 Å². The second kappa shape index (κ2) is 8.85. The van der Waals surface area contributed by atoms with Crippen LogP contribution < -0.4 is 10.6 Å². The molecule has 2 aromatic rings. The largest absolute Gasteiger partial charge is 0.492 e. The molecule has 0 radical (unpaired) electrons. The second-order valence-electron chi connectivity index (χ2n) is 6.66. The van der Waals surface area contributed by atoms with E-state index < -0.39 is 5.97 Å². The number of hydrogen-bond donors (Lipinski definition) is 4. The molecular weight excluding hydrogens is 364 g/mol. The molecule has 8 heteroatoms. The van der Waals surface area contributed by atoms with Gasteiger partial charge in [0.15, 0.2) is 0 Å². The summed E-state index contributed by atoms with van der Waals surface area (Å²) in [6, 6.07) is 6.79. The van der Waals surface area contributed by atoms with Crippen molar-refractivity contribution in [1.82, 2.24) is 9.69 Å².